The number of rotatable bonds is 4. The Morgan fingerprint density at radius 3 is 2.75 bits per heavy atom. The normalized spacial score (nSPS) is 12.6. The highest BCUT2D eigenvalue weighted by Gasteiger charge is 2.12. The Bertz CT molecular complexity index is 439. The molecule has 1 atom stereocenters. The molecule has 16 heavy (non-hydrogen) atoms. The second kappa shape index (κ2) is 5.48. The lowest BCUT2D eigenvalue weighted by Gasteiger charge is -2.12. The summed E-state index contributed by atoms with van der Waals surface area (Å²) in [4.78, 5) is 1.22. The minimum Gasteiger partial charge on any atom is -0.396 e. The molecule has 0 aliphatic rings. The van der Waals surface area contributed by atoms with E-state index in [4.69, 9.17) is 11.6 Å². The van der Waals surface area contributed by atoms with E-state index in [9.17, 15) is 5.11 Å². The van der Waals surface area contributed by atoms with Crippen molar-refractivity contribution in [3.63, 3.8) is 0 Å². The summed E-state index contributed by atoms with van der Waals surface area (Å²) < 4.78 is 0. The van der Waals surface area contributed by atoms with Gasteiger partial charge in [0.25, 0.3) is 0 Å². The third-order valence-electron chi connectivity index (χ3n) is 2.54. The van der Waals surface area contributed by atoms with Gasteiger partial charge < -0.3 is 5.11 Å². The van der Waals surface area contributed by atoms with Crippen molar-refractivity contribution in [2.75, 3.05) is 6.61 Å². The number of benzene rings is 1. The van der Waals surface area contributed by atoms with Gasteiger partial charge in [0, 0.05) is 15.8 Å². The van der Waals surface area contributed by atoms with Gasteiger partial charge in [0.05, 0.1) is 6.61 Å². The van der Waals surface area contributed by atoms with Crippen molar-refractivity contribution in [1.29, 1.82) is 0 Å². The Labute approximate surface area is 104 Å². The van der Waals surface area contributed by atoms with Gasteiger partial charge in [0.1, 0.15) is 0 Å². The van der Waals surface area contributed by atoms with Gasteiger partial charge in [-0.3, -0.25) is 0 Å². The lowest BCUT2D eigenvalue weighted by atomic mass is 9.99. The van der Waals surface area contributed by atoms with Crippen LogP contribution in [0.15, 0.2) is 41.8 Å². The van der Waals surface area contributed by atoms with Crippen LogP contribution in [0, 0.1) is 0 Å². The van der Waals surface area contributed by atoms with Crippen molar-refractivity contribution in [1.82, 2.24) is 0 Å². The van der Waals surface area contributed by atoms with Gasteiger partial charge in [-0.05, 0) is 35.6 Å². The number of thiophene rings is 1. The molecule has 1 aromatic heterocycles. The predicted octanol–water partition coefficient (Wildman–Crippen LogP) is 3.72. The molecule has 1 nitrogen and oxygen atoms in total. The number of halogens is 1. The van der Waals surface area contributed by atoms with Crippen molar-refractivity contribution in [2.45, 2.75) is 12.3 Å². The maximum Gasteiger partial charge on any atom is 0.0510 e. The van der Waals surface area contributed by atoms with E-state index in [1.807, 2.05) is 35.7 Å². The molecule has 0 bridgehead atoms. The van der Waals surface area contributed by atoms with E-state index in [2.05, 4.69) is 6.07 Å². The molecule has 0 fully saturated rings. The predicted molar refractivity (Wildman–Crippen MR) is 69.3 cm³/mol. The molecule has 0 aliphatic heterocycles. The van der Waals surface area contributed by atoms with Crippen molar-refractivity contribution < 1.29 is 5.11 Å². The molecule has 0 radical (unpaired) electrons. The average Bonchev–Trinajstić information content (AvgIpc) is 2.79. The van der Waals surface area contributed by atoms with E-state index in [1.165, 1.54) is 10.4 Å². The van der Waals surface area contributed by atoms with Crippen LogP contribution in [-0.4, -0.2) is 11.7 Å². The first-order chi connectivity index (χ1) is 7.79. The molecule has 1 unspecified atom stereocenters. The van der Waals surface area contributed by atoms with Crippen molar-refractivity contribution in [3.8, 4) is 0 Å². The Balaban J connectivity index is 2.13. The first-order valence-corrected chi connectivity index (χ1v) is 6.44. The van der Waals surface area contributed by atoms with Crippen LogP contribution in [0.3, 0.4) is 0 Å². The van der Waals surface area contributed by atoms with E-state index in [1.54, 1.807) is 11.3 Å². The zero-order valence-electron chi connectivity index (χ0n) is 8.77. The Morgan fingerprint density at radius 1 is 1.25 bits per heavy atom. The largest absolute Gasteiger partial charge is 0.396 e. The molecular weight excluding hydrogens is 240 g/mol. The summed E-state index contributed by atoms with van der Waals surface area (Å²) in [5.74, 6) is 0.179. The maximum atomic E-state index is 9.40. The summed E-state index contributed by atoms with van der Waals surface area (Å²) in [6, 6.07) is 11.9. The molecule has 0 aliphatic carbocycles. The molecule has 1 aromatic carbocycles. The van der Waals surface area contributed by atoms with Gasteiger partial charge in [0.15, 0.2) is 0 Å². The fourth-order valence-electron chi connectivity index (χ4n) is 1.73. The fraction of sp³-hybridized carbons (Fsp3) is 0.231. The average molecular weight is 253 g/mol. The second-order valence-electron chi connectivity index (χ2n) is 3.73. The Hall–Kier alpha value is -0.830. The minimum atomic E-state index is 0.174. The highest BCUT2D eigenvalue weighted by atomic mass is 35.5. The monoisotopic (exact) mass is 252 g/mol. The zero-order chi connectivity index (χ0) is 11.4. The van der Waals surface area contributed by atoms with Gasteiger partial charge in [-0.2, -0.15) is 0 Å². The molecule has 3 heteroatoms. The highest BCUT2D eigenvalue weighted by Crippen LogP contribution is 2.25. The smallest absolute Gasteiger partial charge is 0.0510 e. The molecule has 84 valence electrons. The SMILES string of the molecule is OCC(Cc1cccc(Cl)c1)c1cccs1. The van der Waals surface area contributed by atoms with Crippen molar-refractivity contribution in [3.05, 3.63) is 57.2 Å². The molecule has 2 aromatic rings. The Kier molecular flexibility index (Phi) is 3.99. The van der Waals surface area contributed by atoms with E-state index in [0.717, 1.165) is 11.4 Å². The summed E-state index contributed by atoms with van der Waals surface area (Å²) >= 11 is 7.62. The van der Waals surface area contributed by atoms with E-state index >= 15 is 0 Å². The number of hydrogen-bond acceptors (Lipinski definition) is 2. The zero-order valence-corrected chi connectivity index (χ0v) is 10.3. The molecule has 1 N–H and O–H groups in total. The summed E-state index contributed by atoms with van der Waals surface area (Å²) in [6.07, 6.45) is 0.831. The maximum absolute atomic E-state index is 9.40. The summed E-state index contributed by atoms with van der Waals surface area (Å²) in [5, 5.41) is 12.2. The quantitative estimate of drug-likeness (QED) is 0.879. The van der Waals surface area contributed by atoms with Crippen molar-refractivity contribution in [2.24, 2.45) is 0 Å². The molecule has 0 spiro atoms. The third-order valence-corrected chi connectivity index (χ3v) is 3.81. The first-order valence-electron chi connectivity index (χ1n) is 5.18. The topological polar surface area (TPSA) is 20.2 Å². The van der Waals surface area contributed by atoms with E-state index < -0.39 is 0 Å². The van der Waals surface area contributed by atoms with Crippen LogP contribution in [0.5, 0.6) is 0 Å². The highest BCUT2D eigenvalue weighted by molar-refractivity contribution is 7.10. The van der Waals surface area contributed by atoms with Crippen LogP contribution in [-0.2, 0) is 6.42 Å². The van der Waals surface area contributed by atoms with Crippen LogP contribution < -0.4 is 0 Å². The molecule has 1 heterocycles. The van der Waals surface area contributed by atoms with Crippen LogP contribution in [0.4, 0.5) is 0 Å². The van der Waals surface area contributed by atoms with Crippen LogP contribution in [0.25, 0.3) is 0 Å². The number of aliphatic hydroxyl groups excluding tert-OH is 1. The van der Waals surface area contributed by atoms with Crippen LogP contribution in [0.1, 0.15) is 16.4 Å². The second-order valence-corrected chi connectivity index (χ2v) is 5.14. The van der Waals surface area contributed by atoms with Gasteiger partial charge in [-0.15, -0.1) is 11.3 Å². The van der Waals surface area contributed by atoms with Crippen LogP contribution in [0.2, 0.25) is 5.02 Å². The molecule has 0 amide bonds. The van der Waals surface area contributed by atoms with Gasteiger partial charge in [-0.25, -0.2) is 0 Å². The summed E-state index contributed by atoms with van der Waals surface area (Å²) in [7, 11) is 0. The molecule has 2 rings (SSSR count). The van der Waals surface area contributed by atoms with Gasteiger partial charge in [-0.1, -0.05) is 29.8 Å². The molecule has 0 saturated heterocycles. The van der Waals surface area contributed by atoms with Gasteiger partial charge >= 0.3 is 0 Å². The summed E-state index contributed by atoms with van der Waals surface area (Å²) in [5.41, 5.74) is 1.17. The minimum absolute atomic E-state index is 0.174. The van der Waals surface area contributed by atoms with E-state index in [-0.39, 0.29) is 12.5 Å². The molecule has 0 saturated carbocycles. The fourth-order valence-corrected chi connectivity index (χ4v) is 2.76. The number of aliphatic hydroxyl groups is 1. The van der Waals surface area contributed by atoms with Crippen molar-refractivity contribution >= 4 is 22.9 Å². The van der Waals surface area contributed by atoms with E-state index in [0.29, 0.717) is 0 Å². The van der Waals surface area contributed by atoms with Gasteiger partial charge in [0.2, 0.25) is 0 Å². The Morgan fingerprint density at radius 2 is 2.12 bits per heavy atom. The third kappa shape index (κ3) is 2.85. The van der Waals surface area contributed by atoms with Crippen LogP contribution >= 0.6 is 22.9 Å². The molecular formula is C13H13ClOS. The lowest BCUT2D eigenvalue weighted by Crippen LogP contribution is -2.05. The standard InChI is InChI=1S/C13H13ClOS/c14-12-4-1-3-10(8-12)7-11(9-15)13-5-2-6-16-13/h1-6,8,11,15H,7,9H2. The number of hydrogen-bond donors (Lipinski definition) is 1. The lowest BCUT2D eigenvalue weighted by molar-refractivity contribution is 0.266. The first kappa shape index (κ1) is 11.6. The summed E-state index contributed by atoms with van der Waals surface area (Å²) in [6.45, 7) is 0.174.